The van der Waals surface area contributed by atoms with E-state index in [0.29, 0.717) is 40.9 Å². The highest BCUT2D eigenvalue weighted by molar-refractivity contribution is 6.15. The molecule has 0 spiro atoms. The molecule has 0 saturated heterocycles. The Labute approximate surface area is 167 Å². The van der Waals surface area contributed by atoms with Crippen molar-refractivity contribution < 1.29 is 28.5 Å². The molecule has 0 fully saturated rings. The summed E-state index contributed by atoms with van der Waals surface area (Å²) in [5, 5.41) is 4.59. The number of carbonyl (C=O) groups is 1. The SMILES string of the molecule is COc1cc2c(OC)c3c(c(-c4ccc5c(c4)OCO5)c2cc1OC)C(=O)NC3. The molecule has 2 aliphatic heterocycles. The highest BCUT2D eigenvalue weighted by Crippen LogP contribution is 2.48. The van der Waals surface area contributed by atoms with E-state index >= 15 is 0 Å². The van der Waals surface area contributed by atoms with Crippen LogP contribution in [0.5, 0.6) is 28.7 Å². The van der Waals surface area contributed by atoms with E-state index in [0.717, 1.165) is 27.5 Å². The maximum absolute atomic E-state index is 12.8. The zero-order valence-electron chi connectivity index (χ0n) is 16.3. The van der Waals surface area contributed by atoms with Crippen molar-refractivity contribution in [2.75, 3.05) is 28.1 Å². The van der Waals surface area contributed by atoms with Gasteiger partial charge in [0, 0.05) is 23.1 Å². The first kappa shape index (κ1) is 17.5. The van der Waals surface area contributed by atoms with E-state index in [9.17, 15) is 4.79 Å². The third-order valence-electron chi connectivity index (χ3n) is 5.38. The van der Waals surface area contributed by atoms with Crippen LogP contribution < -0.4 is 29.0 Å². The van der Waals surface area contributed by atoms with Crippen LogP contribution in [0.1, 0.15) is 15.9 Å². The van der Waals surface area contributed by atoms with E-state index in [1.165, 1.54) is 0 Å². The minimum Gasteiger partial charge on any atom is -0.496 e. The lowest BCUT2D eigenvalue weighted by Gasteiger charge is -2.18. The Bertz CT molecular complexity index is 1170. The zero-order chi connectivity index (χ0) is 20.1. The maximum Gasteiger partial charge on any atom is 0.252 e. The van der Waals surface area contributed by atoms with E-state index in [2.05, 4.69) is 5.32 Å². The van der Waals surface area contributed by atoms with Gasteiger partial charge < -0.3 is 29.0 Å². The molecule has 7 nitrogen and oxygen atoms in total. The highest BCUT2D eigenvalue weighted by Gasteiger charge is 2.31. The van der Waals surface area contributed by atoms with Crippen molar-refractivity contribution in [3.63, 3.8) is 0 Å². The van der Waals surface area contributed by atoms with Crippen molar-refractivity contribution in [3.8, 4) is 39.9 Å². The molecule has 0 aromatic heterocycles. The third-order valence-corrected chi connectivity index (χ3v) is 5.38. The molecular weight excluding hydrogens is 374 g/mol. The van der Waals surface area contributed by atoms with Gasteiger partial charge in [-0.1, -0.05) is 6.07 Å². The summed E-state index contributed by atoms with van der Waals surface area (Å²) in [5.41, 5.74) is 3.07. The lowest BCUT2D eigenvalue weighted by atomic mass is 9.89. The van der Waals surface area contributed by atoms with Gasteiger partial charge in [-0.3, -0.25) is 4.79 Å². The van der Waals surface area contributed by atoms with Gasteiger partial charge in [-0.15, -0.1) is 0 Å². The summed E-state index contributed by atoms with van der Waals surface area (Å²) >= 11 is 0. The number of benzene rings is 3. The molecule has 29 heavy (non-hydrogen) atoms. The molecule has 5 rings (SSSR count). The molecule has 0 bridgehead atoms. The highest BCUT2D eigenvalue weighted by atomic mass is 16.7. The largest absolute Gasteiger partial charge is 0.496 e. The molecule has 2 aliphatic rings. The van der Waals surface area contributed by atoms with Crippen molar-refractivity contribution >= 4 is 16.7 Å². The van der Waals surface area contributed by atoms with Gasteiger partial charge in [-0.25, -0.2) is 0 Å². The Morgan fingerprint density at radius 2 is 1.59 bits per heavy atom. The predicted octanol–water partition coefficient (Wildman–Crippen LogP) is 3.50. The molecule has 3 aromatic rings. The van der Waals surface area contributed by atoms with Crippen molar-refractivity contribution in [1.29, 1.82) is 0 Å². The summed E-state index contributed by atoms with van der Waals surface area (Å²) in [7, 11) is 4.78. The van der Waals surface area contributed by atoms with Crippen LogP contribution in [0.15, 0.2) is 30.3 Å². The Morgan fingerprint density at radius 3 is 2.31 bits per heavy atom. The van der Waals surface area contributed by atoms with E-state index in [1.54, 1.807) is 21.3 Å². The van der Waals surface area contributed by atoms with E-state index in [-0.39, 0.29) is 12.7 Å². The number of amides is 1. The summed E-state index contributed by atoms with van der Waals surface area (Å²) in [6.07, 6.45) is 0. The molecular formula is C22H19NO6. The second-order valence-electron chi connectivity index (χ2n) is 6.77. The Balaban J connectivity index is 1.91. The van der Waals surface area contributed by atoms with Crippen molar-refractivity contribution in [2.24, 2.45) is 0 Å². The van der Waals surface area contributed by atoms with Crippen LogP contribution in [0.2, 0.25) is 0 Å². The van der Waals surface area contributed by atoms with Crippen LogP contribution in [0.4, 0.5) is 0 Å². The number of rotatable bonds is 4. The Hall–Kier alpha value is -3.61. The standard InChI is InChI=1S/C22H19NO6/c1-25-16-7-12-13(8-17(16)26-2)21(27-3)14-9-23-22(24)20(14)19(12)11-4-5-15-18(6-11)29-10-28-15/h4-8H,9-10H2,1-3H3,(H,23,24). The number of carbonyl (C=O) groups excluding carboxylic acids is 1. The number of ether oxygens (including phenoxy) is 5. The molecule has 1 amide bonds. The minimum absolute atomic E-state index is 0.136. The fourth-order valence-electron chi connectivity index (χ4n) is 4.10. The lowest BCUT2D eigenvalue weighted by Crippen LogP contribution is -2.13. The lowest BCUT2D eigenvalue weighted by molar-refractivity contribution is 0.0966. The monoisotopic (exact) mass is 393 g/mol. The van der Waals surface area contributed by atoms with Crippen LogP contribution >= 0.6 is 0 Å². The van der Waals surface area contributed by atoms with Gasteiger partial charge in [0.1, 0.15) is 5.75 Å². The molecule has 0 aliphatic carbocycles. The molecule has 0 unspecified atom stereocenters. The van der Waals surface area contributed by atoms with Gasteiger partial charge in [-0.2, -0.15) is 0 Å². The molecule has 0 saturated carbocycles. The number of nitrogens with one attached hydrogen (secondary N) is 1. The molecule has 1 N–H and O–H groups in total. The topological polar surface area (TPSA) is 75.2 Å². The van der Waals surface area contributed by atoms with Crippen molar-refractivity contribution in [3.05, 3.63) is 41.5 Å². The molecule has 0 atom stereocenters. The average Bonchev–Trinajstić information content (AvgIpc) is 3.37. The summed E-state index contributed by atoms with van der Waals surface area (Å²) in [6, 6.07) is 9.44. The smallest absolute Gasteiger partial charge is 0.252 e. The molecule has 3 aromatic carbocycles. The van der Waals surface area contributed by atoms with Gasteiger partial charge in [0.2, 0.25) is 6.79 Å². The predicted molar refractivity (Wildman–Crippen MR) is 106 cm³/mol. The van der Waals surface area contributed by atoms with Gasteiger partial charge >= 0.3 is 0 Å². The number of hydrogen-bond donors (Lipinski definition) is 1. The zero-order valence-corrected chi connectivity index (χ0v) is 16.3. The first-order valence-electron chi connectivity index (χ1n) is 9.13. The number of methoxy groups -OCH3 is 3. The first-order valence-corrected chi connectivity index (χ1v) is 9.13. The normalized spacial score (nSPS) is 14.0. The molecule has 0 radical (unpaired) electrons. The van der Waals surface area contributed by atoms with E-state index < -0.39 is 0 Å². The van der Waals surface area contributed by atoms with Crippen molar-refractivity contribution in [2.45, 2.75) is 6.54 Å². The fourth-order valence-corrected chi connectivity index (χ4v) is 4.10. The third kappa shape index (κ3) is 2.47. The Kier molecular flexibility index (Phi) is 3.91. The van der Waals surface area contributed by atoms with Crippen LogP contribution in [0.25, 0.3) is 21.9 Å². The summed E-state index contributed by atoms with van der Waals surface area (Å²) in [6.45, 7) is 0.588. The second-order valence-corrected chi connectivity index (χ2v) is 6.77. The number of fused-ring (bicyclic) bond motifs is 3. The molecule has 148 valence electrons. The molecule has 7 heteroatoms. The van der Waals surface area contributed by atoms with Crippen LogP contribution in [0.3, 0.4) is 0 Å². The van der Waals surface area contributed by atoms with Gasteiger partial charge in [0.25, 0.3) is 5.91 Å². The van der Waals surface area contributed by atoms with Crippen LogP contribution in [-0.2, 0) is 6.54 Å². The first-order chi connectivity index (χ1) is 14.2. The van der Waals surface area contributed by atoms with Gasteiger partial charge in [0.15, 0.2) is 23.0 Å². The van der Waals surface area contributed by atoms with Crippen molar-refractivity contribution in [1.82, 2.24) is 5.32 Å². The fraction of sp³-hybridized carbons (Fsp3) is 0.227. The van der Waals surface area contributed by atoms with Gasteiger partial charge in [-0.05, 0) is 35.2 Å². The Morgan fingerprint density at radius 1 is 0.862 bits per heavy atom. The van der Waals surface area contributed by atoms with Crippen LogP contribution in [0, 0.1) is 0 Å². The molecule has 2 heterocycles. The quantitative estimate of drug-likeness (QED) is 0.731. The number of hydrogen-bond acceptors (Lipinski definition) is 6. The minimum atomic E-state index is -0.136. The average molecular weight is 393 g/mol. The summed E-state index contributed by atoms with van der Waals surface area (Å²) in [5.74, 6) is 3.02. The maximum atomic E-state index is 12.8. The van der Waals surface area contributed by atoms with E-state index in [4.69, 9.17) is 23.7 Å². The van der Waals surface area contributed by atoms with Gasteiger partial charge in [0.05, 0.1) is 26.9 Å². The summed E-state index contributed by atoms with van der Waals surface area (Å²) in [4.78, 5) is 12.8. The van der Waals surface area contributed by atoms with Crippen LogP contribution in [-0.4, -0.2) is 34.0 Å². The van der Waals surface area contributed by atoms with E-state index in [1.807, 2.05) is 30.3 Å². The summed E-state index contributed by atoms with van der Waals surface area (Å²) < 4.78 is 27.7. The second kappa shape index (κ2) is 6.48.